The van der Waals surface area contributed by atoms with Crippen LogP contribution < -0.4 is 10.1 Å². The fourth-order valence-electron chi connectivity index (χ4n) is 2.12. The van der Waals surface area contributed by atoms with E-state index in [4.69, 9.17) is 9.47 Å². The van der Waals surface area contributed by atoms with Gasteiger partial charge in [-0.1, -0.05) is 0 Å². The number of anilines is 1. The fourth-order valence-corrected chi connectivity index (χ4v) is 2.12. The molecular formula is C13H12N2O3. The summed E-state index contributed by atoms with van der Waals surface area (Å²) in [6.07, 6.45) is 0. The molecule has 0 aromatic heterocycles. The topological polar surface area (TPSA) is 59.9 Å². The van der Waals surface area contributed by atoms with Gasteiger partial charge in [0.05, 0.1) is 12.8 Å². The van der Waals surface area contributed by atoms with E-state index in [0.29, 0.717) is 11.5 Å². The lowest BCUT2D eigenvalue weighted by Crippen LogP contribution is -2.09. The molecule has 0 saturated carbocycles. The Kier molecular flexibility index (Phi) is 2.33. The van der Waals surface area contributed by atoms with E-state index in [9.17, 15) is 4.79 Å². The van der Waals surface area contributed by atoms with Crippen molar-refractivity contribution < 1.29 is 14.3 Å². The summed E-state index contributed by atoms with van der Waals surface area (Å²) in [6.45, 7) is 2.08. The van der Waals surface area contributed by atoms with Crippen molar-refractivity contribution in [3.05, 3.63) is 29.5 Å². The molecular weight excluding hydrogens is 232 g/mol. The van der Waals surface area contributed by atoms with Crippen LogP contribution in [0, 0.1) is 0 Å². The van der Waals surface area contributed by atoms with E-state index in [1.807, 2.05) is 25.1 Å². The zero-order valence-electron chi connectivity index (χ0n) is 10.1. The zero-order valence-corrected chi connectivity index (χ0v) is 10.1. The van der Waals surface area contributed by atoms with Crippen LogP contribution in [0.25, 0.3) is 5.57 Å². The van der Waals surface area contributed by atoms with Crippen LogP contribution in [0.4, 0.5) is 5.69 Å². The number of esters is 1. The first-order valence-corrected chi connectivity index (χ1v) is 5.60. The first-order valence-electron chi connectivity index (χ1n) is 5.60. The van der Waals surface area contributed by atoms with Gasteiger partial charge in [0.2, 0.25) is 0 Å². The summed E-state index contributed by atoms with van der Waals surface area (Å²) in [5.74, 6) is 1.05. The van der Waals surface area contributed by atoms with E-state index >= 15 is 0 Å². The molecule has 2 aliphatic heterocycles. The molecule has 0 atom stereocenters. The molecule has 18 heavy (non-hydrogen) atoms. The van der Waals surface area contributed by atoms with E-state index in [0.717, 1.165) is 22.6 Å². The molecule has 0 spiro atoms. The number of hydrogen-bond acceptors (Lipinski definition) is 5. The predicted molar refractivity (Wildman–Crippen MR) is 67.6 cm³/mol. The van der Waals surface area contributed by atoms with Gasteiger partial charge in [-0.15, -0.1) is 0 Å². The molecule has 0 saturated heterocycles. The third kappa shape index (κ3) is 1.55. The lowest BCUT2D eigenvalue weighted by atomic mass is 10.0. The van der Waals surface area contributed by atoms with E-state index in [-0.39, 0.29) is 12.6 Å². The quantitative estimate of drug-likeness (QED) is 0.765. The standard InChI is InChI=1S/C13H12N2O3/c1-7-14-11-5-8(17-2)3-4-9(11)10-6-18-13(16)12(10)15-7/h3-5H,6H2,1-2H3,(H,14,15). The number of hydrogen-bond donors (Lipinski definition) is 1. The Morgan fingerprint density at radius 1 is 1.44 bits per heavy atom. The molecule has 0 unspecified atom stereocenters. The third-order valence-corrected chi connectivity index (χ3v) is 2.97. The van der Waals surface area contributed by atoms with Crippen LogP contribution in [-0.4, -0.2) is 25.5 Å². The number of rotatable bonds is 1. The Hall–Kier alpha value is -2.30. The molecule has 1 N–H and O–H groups in total. The monoisotopic (exact) mass is 244 g/mol. The Morgan fingerprint density at radius 2 is 2.28 bits per heavy atom. The maximum absolute atomic E-state index is 11.6. The molecule has 2 heterocycles. The average molecular weight is 244 g/mol. The van der Waals surface area contributed by atoms with Crippen molar-refractivity contribution in [2.24, 2.45) is 4.99 Å². The van der Waals surface area contributed by atoms with Crippen molar-refractivity contribution in [3.8, 4) is 5.75 Å². The van der Waals surface area contributed by atoms with Gasteiger partial charge in [-0.3, -0.25) is 0 Å². The number of carbonyl (C=O) groups excluding carboxylic acids is 1. The van der Waals surface area contributed by atoms with Gasteiger partial charge in [-0.25, -0.2) is 9.79 Å². The van der Waals surface area contributed by atoms with Crippen LogP contribution in [0.2, 0.25) is 0 Å². The van der Waals surface area contributed by atoms with Gasteiger partial charge in [0.1, 0.15) is 18.2 Å². The van der Waals surface area contributed by atoms with Crippen LogP contribution in [0.15, 0.2) is 28.9 Å². The van der Waals surface area contributed by atoms with E-state index in [1.165, 1.54) is 0 Å². The highest BCUT2D eigenvalue weighted by Crippen LogP contribution is 2.35. The molecule has 5 nitrogen and oxygen atoms in total. The number of ether oxygens (including phenoxy) is 2. The lowest BCUT2D eigenvalue weighted by Gasteiger charge is -2.11. The largest absolute Gasteiger partial charge is 0.497 e. The normalized spacial score (nSPS) is 17.2. The molecule has 92 valence electrons. The Morgan fingerprint density at radius 3 is 3.06 bits per heavy atom. The lowest BCUT2D eigenvalue weighted by molar-refractivity contribution is -0.135. The SMILES string of the molecule is COc1ccc2c(c1)NC(C)=NC1=C2COC1=O. The van der Waals surface area contributed by atoms with Gasteiger partial charge in [0, 0.05) is 17.2 Å². The second kappa shape index (κ2) is 3.87. The van der Waals surface area contributed by atoms with Crippen molar-refractivity contribution in [1.82, 2.24) is 0 Å². The molecule has 5 heteroatoms. The molecule has 0 fully saturated rings. The Balaban J connectivity index is 2.21. The van der Waals surface area contributed by atoms with Gasteiger partial charge < -0.3 is 14.8 Å². The third-order valence-electron chi connectivity index (χ3n) is 2.97. The summed E-state index contributed by atoms with van der Waals surface area (Å²) in [5.41, 5.74) is 3.02. The number of nitrogens with one attached hydrogen (secondary N) is 1. The Bertz CT molecular complexity index is 602. The second-order valence-corrected chi connectivity index (χ2v) is 4.14. The van der Waals surface area contributed by atoms with Crippen LogP contribution >= 0.6 is 0 Å². The van der Waals surface area contributed by atoms with Crippen LogP contribution in [0.3, 0.4) is 0 Å². The van der Waals surface area contributed by atoms with Crippen LogP contribution in [0.5, 0.6) is 5.75 Å². The minimum atomic E-state index is -0.366. The number of benzene rings is 1. The molecule has 0 radical (unpaired) electrons. The summed E-state index contributed by atoms with van der Waals surface area (Å²) in [7, 11) is 1.62. The highest BCUT2D eigenvalue weighted by molar-refractivity contribution is 6.10. The van der Waals surface area contributed by atoms with E-state index in [2.05, 4.69) is 10.3 Å². The highest BCUT2D eigenvalue weighted by atomic mass is 16.5. The Labute approximate surface area is 104 Å². The van der Waals surface area contributed by atoms with Crippen LogP contribution in [-0.2, 0) is 9.53 Å². The molecule has 2 aliphatic rings. The fraction of sp³-hybridized carbons (Fsp3) is 0.231. The highest BCUT2D eigenvalue weighted by Gasteiger charge is 2.29. The van der Waals surface area contributed by atoms with Gasteiger partial charge in [-0.05, 0) is 19.1 Å². The smallest absolute Gasteiger partial charge is 0.357 e. The van der Waals surface area contributed by atoms with Gasteiger partial charge in [-0.2, -0.15) is 0 Å². The minimum Gasteiger partial charge on any atom is -0.497 e. The number of fused-ring (bicyclic) bond motifs is 2. The van der Waals surface area contributed by atoms with E-state index < -0.39 is 0 Å². The maximum Gasteiger partial charge on any atom is 0.357 e. The second-order valence-electron chi connectivity index (χ2n) is 4.14. The van der Waals surface area contributed by atoms with Crippen molar-refractivity contribution in [3.63, 3.8) is 0 Å². The molecule has 1 aromatic rings. The number of methoxy groups -OCH3 is 1. The van der Waals surface area contributed by atoms with Crippen molar-refractivity contribution >= 4 is 23.1 Å². The summed E-state index contributed by atoms with van der Waals surface area (Å²) >= 11 is 0. The van der Waals surface area contributed by atoms with Crippen molar-refractivity contribution in [1.29, 1.82) is 0 Å². The number of amidine groups is 1. The maximum atomic E-state index is 11.6. The summed E-state index contributed by atoms with van der Waals surface area (Å²) in [4.78, 5) is 15.9. The minimum absolute atomic E-state index is 0.270. The first-order chi connectivity index (χ1) is 8.69. The molecule has 0 bridgehead atoms. The number of aliphatic imine (C=N–C) groups is 1. The van der Waals surface area contributed by atoms with Crippen LogP contribution in [0.1, 0.15) is 12.5 Å². The van der Waals surface area contributed by atoms with E-state index in [1.54, 1.807) is 7.11 Å². The predicted octanol–water partition coefficient (Wildman–Crippen LogP) is 1.81. The molecule has 3 rings (SSSR count). The number of nitrogens with zero attached hydrogens (tertiary/aromatic N) is 1. The molecule has 0 aliphatic carbocycles. The summed E-state index contributed by atoms with van der Waals surface area (Å²) in [5, 5.41) is 3.17. The zero-order chi connectivity index (χ0) is 12.7. The van der Waals surface area contributed by atoms with Crippen molar-refractivity contribution in [2.75, 3.05) is 19.0 Å². The molecule has 0 amide bonds. The first kappa shape index (κ1) is 10.8. The summed E-state index contributed by atoms with van der Waals surface area (Å²) < 4.78 is 10.2. The average Bonchev–Trinajstić information content (AvgIpc) is 2.64. The van der Waals surface area contributed by atoms with Crippen molar-refractivity contribution in [2.45, 2.75) is 6.92 Å². The van der Waals surface area contributed by atoms with Gasteiger partial charge >= 0.3 is 5.97 Å². The molecule has 1 aromatic carbocycles. The van der Waals surface area contributed by atoms with Gasteiger partial charge in [0.25, 0.3) is 0 Å². The van der Waals surface area contributed by atoms with Gasteiger partial charge in [0.15, 0.2) is 5.70 Å². The summed E-state index contributed by atoms with van der Waals surface area (Å²) in [6, 6.07) is 5.65. The number of cyclic esters (lactones) is 1. The number of carbonyl (C=O) groups is 1.